The van der Waals surface area contributed by atoms with Crippen molar-refractivity contribution in [2.24, 2.45) is 5.92 Å². The largest absolute Gasteiger partial charge is 0.453 e. The Balaban J connectivity index is 1.87. The molecule has 1 heterocycles. The fourth-order valence-corrected chi connectivity index (χ4v) is 2.63. The minimum atomic E-state index is -0.335. The van der Waals surface area contributed by atoms with Crippen LogP contribution in [0.3, 0.4) is 0 Å². The molecule has 0 radical (unpaired) electrons. The number of carbonyl (C=O) groups excluding carboxylic acids is 1. The van der Waals surface area contributed by atoms with Gasteiger partial charge in [0, 0.05) is 12.6 Å². The minimum Gasteiger partial charge on any atom is -0.453 e. The quantitative estimate of drug-likeness (QED) is 0.872. The Hall–Kier alpha value is -1.55. The topological polar surface area (TPSA) is 50.4 Å². The Labute approximate surface area is 114 Å². The number of aryl methyl sites for hydroxylation is 1. The number of nitrogens with one attached hydrogen (secondary N) is 2. The molecule has 4 heteroatoms. The summed E-state index contributed by atoms with van der Waals surface area (Å²) >= 11 is 0. The van der Waals surface area contributed by atoms with Gasteiger partial charge in [0.15, 0.2) is 0 Å². The first-order valence-corrected chi connectivity index (χ1v) is 6.88. The van der Waals surface area contributed by atoms with Crippen molar-refractivity contribution in [3.05, 3.63) is 35.9 Å². The molecule has 0 bridgehead atoms. The van der Waals surface area contributed by atoms with Gasteiger partial charge in [-0.05, 0) is 37.3 Å². The Morgan fingerprint density at radius 1 is 1.42 bits per heavy atom. The second kappa shape index (κ2) is 7.14. The lowest BCUT2D eigenvalue weighted by atomic mass is 9.87. The van der Waals surface area contributed by atoms with E-state index in [1.54, 1.807) is 0 Å². The second-order valence-corrected chi connectivity index (χ2v) is 5.02. The minimum absolute atomic E-state index is 0.171. The summed E-state index contributed by atoms with van der Waals surface area (Å²) in [6, 6.07) is 10.7. The van der Waals surface area contributed by atoms with Crippen LogP contribution in [0.15, 0.2) is 30.3 Å². The second-order valence-electron chi connectivity index (χ2n) is 5.02. The zero-order chi connectivity index (χ0) is 13.5. The highest BCUT2D eigenvalue weighted by Crippen LogP contribution is 2.19. The number of benzene rings is 1. The van der Waals surface area contributed by atoms with Gasteiger partial charge in [-0.3, -0.25) is 0 Å². The standard InChI is InChI=1S/C15H22N2O2/c1-19-15(18)17-14-11-16-10-9-13(14)8-7-12-5-3-2-4-6-12/h2-6,13-14,16H,7-11H2,1H3,(H,17,18). The molecular weight excluding hydrogens is 240 g/mol. The van der Waals surface area contributed by atoms with Crippen molar-refractivity contribution in [3.63, 3.8) is 0 Å². The van der Waals surface area contributed by atoms with Crippen LogP contribution in [-0.4, -0.2) is 32.3 Å². The van der Waals surface area contributed by atoms with Gasteiger partial charge in [-0.2, -0.15) is 0 Å². The number of piperidine rings is 1. The van der Waals surface area contributed by atoms with Crippen molar-refractivity contribution in [3.8, 4) is 0 Å². The zero-order valence-corrected chi connectivity index (χ0v) is 11.4. The van der Waals surface area contributed by atoms with E-state index in [2.05, 4.69) is 39.6 Å². The van der Waals surface area contributed by atoms with Gasteiger partial charge in [0.1, 0.15) is 0 Å². The maximum atomic E-state index is 11.3. The Kier molecular flexibility index (Phi) is 5.21. The van der Waals surface area contributed by atoms with Crippen LogP contribution in [0, 0.1) is 5.92 Å². The maximum Gasteiger partial charge on any atom is 0.407 e. The van der Waals surface area contributed by atoms with Crippen LogP contribution in [0.1, 0.15) is 18.4 Å². The molecule has 0 aliphatic carbocycles. The molecule has 4 nitrogen and oxygen atoms in total. The van der Waals surface area contributed by atoms with E-state index in [-0.39, 0.29) is 12.1 Å². The summed E-state index contributed by atoms with van der Waals surface area (Å²) in [5.74, 6) is 0.514. The van der Waals surface area contributed by atoms with Crippen LogP contribution in [0.5, 0.6) is 0 Å². The summed E-state index contributed by atoms with van der Waals surface area (Å²) < 4.78 is 4.69. The molecule has 1 amide bonds. The van der Waals surface area contributed by atoms with Gasteiger partial charge < -0.3 is 15.4 Å². The lowest BCUT2D eigenvalue weighted by Gasteiger charge is -2.32. The number of methoxy groups -OCH3 is 1. The van der Waals surface area contributed by atoms with Crippen LogP contribution >= 0.6 is 0 Å². The van der Waals surface area contributed by atoms with E-state index in [9.17, 15) is 4.79 Å². The summed E-state index contributed by atoms with van der Waals surface area (Å²) in [4.78, 5) is 11.3. The highest BCUT2D eigenvalue weighted by Gasteiger charge is 2.26. The highest BCUT2D eigenvalue weighted by molar-refractivity contribution is 5.67. The molecule has 1 saturated heterocycles. The fraction of sp³-hybridized carbons (Fsp3) is 0.533. The molecule has 2 N–H and O–H groups in total. The summed E-state index contributed by atoms with van der Waals surface area (Å²) in [7, 11) is 1.41. The Morgan fingerprint density at radius 2 is 2.21 bits per heavy atom. The third kappa shape index (κ3) is 4.24. The van der Waals surface area contributed by atoms with Crippen molar-refractivity contribution in [2.75, 3.05) is 20.2 Å². The van der Waals surface area contributed by atoms with Crippen molar-refractivity contribution in [2.45, 2.75) is 25.3 Å². The molecule has 1 aliphatic heterocycles. The van der Waals surface area contributed by atoms with Gasteiger partial charge in [-0.1, -0.05) is 30.3 Å². The lowest BCUT2D eigenvalue weighted by molar-refractivity contribution is 0.155. The van der Waals surface area contributed by atoms with E-state index in [0.29, 0.717) is 5.92 Å². The van der Waals surface area contributed by atoms with Gasteiger partial charge in [-0.15, -0.1) is 0 Å². The first-order chi connectivity index (χ1) is 9.29. The molecule has 1 fully saturated rings. The molecule has 2 atom stereocenters. The van der Waals surface area contributed by atoms with Gasteiger partial charge in [-0.25, -0.2) is 4.79 Å². The molecular formula is C15H22N2O2. The smallest absolute Gasteiger partial charge is 0.407 e. The van der Waals surface area contributed by atoms with Gasteiger partial charge >= 0.3 is 6.09 Å². The van der Waals surface area contributed by atoms with E-state index < -0.39 is 0 Å². The summed E-state index contributed by atoms with van der Waals surface area (Å²) in [6.45, 7) is 1.85. The Morgan fingerprint density at radius 3 is 2.95 bits per heavy atom. The number of amides is 1. The average molecular weight is 262 g/mol. The van der Waals surface area contributed by atoms with E-state index in [4.69, 9.17) is 0 Å². The van der Waals surface area contributed by atoms with Crippen LogP contribution in [0.2, 0.25) is 0 Å². The molecule has 0 saturated carbocycles. The highest BCUT2D eigenvalue weighted by atomic mass is 16.5. The first-order valence-electron chi connectivity index (χ1n) is 6.88. The van der Waals surface area contributed by atoms with Crippen LogP contribution in [-0.2, 0) is 11.2 Å². The van der Waals surface area contributed by atoms with Crippen LogP contribution in [0.25, 0.3) is 0 Å². The average Bonchev–Trinajstić information content (AvgIpc) is 2.47. The molecule has 2 unspecified atom stereocenters. The number of hydrogen-bond acceptors (Lipinski definition) is 3. The van der Waals surface area contributed by atoms with Crippen LogP contribution in [0.4, 0.5) is 4.79 Å². The molecule has 1 aromatic carbocycles. The van der Waals surface area contributed by atoms with Gasteiger partial charge in [0.2, 0.25) is 0 Å². The van der Waals surface area contributed by atoms with Crippen molar-refractivity contribution in [1.29, 1.82) is 0 Å². The fourth-order valence-electron chi connectivity index (χ4n) is 2.63. The van der Waals surface area contributed by atoms with Gasteiger partial charge in [0.05, 0.1) is 7.11 Å². The summed E-state index contributed by atoms with van der Waals surface area (Å²) in [6.07, 6.45) is 2.92. The molecule has 2 rings (SSSR count). The first kappa shape index (κ1) is 13.9. The SMILES string of the molecule is COC(=O)NC1CNCCC1CCc1ccccc1. The monoisotopic (exact) mass is 262 g/mol. The third-order valence-electron chi connectivity index (χ3n) is 3.76. The molecule has 0 spiro atoms. The number of ether oxygens (including phenoxy) is 1. The third-order valence-corrected chi connectivity index (χ3v) is 3.76. The molecule has 1 aromatic rings. The normalized spacial score (nSPS) is 22.8. The zero-order valence-electron chi connectivity index (χ0n) is 11.4. The van der Waals surface area contributed by atoms with Gasteiger partial charge in [0.25, 0.3) is 0 Å². The molecule has 1 aliphatic rings. The van der Waals surface area contributed by atoms with Crippen molar-refractivity contribution in [1.82, 2.24) is 10.6 Å². The number of rotatable bonds is 4. The van der Waals surface area contributed by atoms with Crippen LogP contribution < -0.4 is 10.6 Å². The molecule has 104 valence electrons. The predicted molar refractivity (Wildman–Crippen MR) is 75.1 cm³/mol. The predicted octanol–water partition coefficient (Wildman–Crippen LogP) is 1.95. The Bertz CT molecular complexity index is 394. The lowest BCUT2D eigenvalue weighted by Crippen LogP contribution is -2.51. The number of hydrogen-bond donors (Lipinski definition) is 2. The molecule has 0 aromatic heterocycles. The number of carbonyl (C=O) groups is 1. The van der Waals surface area contributed by atoms with Crippen molar-refractivity contribution >= 4 is 6.09 Å². The van der Waals surface area contributed by atoms with E-state index in [0.717, 1.165) is 32.4 Å². The summed E-state index contributed by atoms with van der Waals surface area (Å²) in [5, 5.41) is 6.25. The van der Waals surface area contributed by atoms with E-state index in [1.165, 1.54) is 12.7 Å². The summed E-state index contributed by atoms with van der Waals surface area (Å²) in [5.41, 5.74) is 1.36. The van der Waals surface area contributed by atoms with E-state index >= 15 is 0 Å². The molecule has 19 heavy (non-hydrogen) atoms. The van der Waals surface area contributed by atoms with Crippen molar-refractivity contribution < 1.29 is 9.53 Å². The maximum absolute atomic E-state index is 11.3. The van der Waals surface area contributed by atoms with E-state index in [1.807, 2.05) is 6.07 Å². The number of alkyl carbamates (subject to hydrolysis) is 1.